The van der Waals surface area contributed by atoms with Crippen molar-refractivity contribution >= 4 is 47.0 Å². The minimum atomic E-state index is -1.30. The Morgan fingerprint density at radius 2 is 1.72 bits per heavy atom. The van der Waals surface area contributed by atoms with Crippen LogP contribution in [-0.4, -0.2) is 45.7 Å². The summed E-state index contributed by atoms with van der Waals surface area (Å²) in [6.45, 7) is -1.37. The average molecular weight is 466 g/mol. The molecule has 1 aromatic heterocycles. The number of ether oxygens (including phenoxy) is 1. The topological polar surface area (TPSA) is 209 Å². The summed E-state index contributed by atoms with van der Waals surface area (Å²) in [6.07, 6.45) is -1.30. The van der Waals surface area contributed by atoms with Gasteiger partial charge in [0.2, 0.25) is 5.13 Å². The zero-order chi connectivity index (χ0) is 21.8. The number of benzene rings is 1. The second-order valence-electron chi connectivity index (χ2n) is 4.64. The first-order chi connectivity index (χ1) is 13.7. The second kappa shape index (κ2) is 12.5. The van der Waals surface area contributed by atoms with Crippen LogP contribution in [0, 0.1) is 20.2 Å². The zero-order valence-electron chi connectivity index (χ0n) is 14.3. The van der Waals surface area contributed by atoms with Gasteiger partial charge in [-0.05, 0) is 36.2 Å². The van der Waals surface area contributed by atoms with Crippen molar-refractivity contribution in [2.45, 2.75) is 15.3 Å². The lowest BCUT2D eigenvalue weighted by Gasteiger charge is -2.15. The lowest BCUT2D eigenvalue weighted by Crippen LogP contribution is -2.30. The number of aromatic nitrogens is 2. The largest absolute Gasteiger partial charge is 0.455 e. The summed E-state index contributed by atoms with van der Waals surface area (Å²) >= 11 is 6.38. The summed E-state index contributed by atoms with van der Waals surface area (Å²) in [5, 5.41) is 30.7. The Morgan fingerprint density at radius 3 is 2.10 bits per heavy atom. The molecule has 1 heterocycles. The fraction of sp³-hybridized carbons (Fsp3) is 0.250. The maximum atomic E-state index is 11.8. The molecule has 17 heteroatoms. The molecule has 0 atom stereocenters. The highest BCUT2D eigenvalue weighted by Crippen LogP contribution is 2.17. The molecule has 1 aromatic carbocycles. The molecule has 0 aliphatic rings. The Morgan fingerprint density at radius 1 is 1.17 bits per heavy atom. The number of thiol groups is 1. The lowest BCUT2D eigenvalue weighted by molar-refractivity contribution is -0.768. The summed E-state index contributed by atoms with van der Waals surface area (Å²) in [5.41, 5.74) is 5.38. The molecule has 14 nitrogen and oxygen atoms in total. The van der Waals surface area contributed by atoms with Crippen LogP contribution < -0.4 is 10.9 Å². The van der Waals surface area contributed by atoms with Crippen molar-refractivity contribution in [1.82, 2.24) is 10.2 Å². The van der Waals surface area contributed by atoms with E-state index < -0.39 is 35.5 Å². The van der Waals surface area contributed by atoms with Crippen LogP contribution in [0.4, 0.5) is 5.13 Å². The van der Waals surface area contributed by atoms with Crippen molar-refractivity contribution in [2.24, 2.45) is 5.14 Å². The van der Waals surface area contributed by atoms with Crippen molar-refractivity contribution in [1.29, 1.82) is 0 Å². The number of rotatable bonds is 9. The van der Waals surface area contributed by atoms with Crippen LogP contribution in [0.25, 0.3) is 0 Å². The van der Waals surface area contributed by atoms with Gasteiger partial charge in [-0.1, -0.05) is 11.3 Å². The summed E-state index contributed by atoms with van der Waals surface area (Å²) in [4.78, 5) is 40.6. The highest BCUT2D eigenvalue weighted by molar-refractivity contribution is 7.98. The number of nitrogens with zero attached hydrogens (tertiary/aromatic N) is 4. The Labute approximate surface area is 176 Å². The molecule has 0 saturated heterocycles. The maximum Gasteiger partial charge on any atom is 0.338 e. The first kappa shape index (κ1) is 24.1. The minimum Gasteiger partial charge on any atom is -0.455 e. The summed E-state index contributed by atoms with van der Waals surface area (Å²) < 4.78 is 5.55. The molecule has 29 heavy (non-hydrogen) atoms. The first-order valence-corrected chi connectivity index (χ1v) is 9.36. The van der Waals surface area contributed by atoms with Gasteiger partial charge >= 0.3 is 5.97 Å². The predicted molar refractivity (Wildman–Crippen MR) is 103 cm³/mol. The normalized spacial score (nSPS) is 9.90. The SMILES string of the molecule is NSc1nnc(N)s1.O=C(OC(CO[N+](=O)[O-])CO[N+](=O)[O-])c1ccc(S)cc1. The van der Waals surface area contributed by atoms with Crippen molar-refractivity contribution in [2.75, 3.05) is 18.9 Å². The van der Waals surface area contributed by atoms with E-state index in [-0.39, 0.29) is 5.56 Å². The van der Waals surface area contributed by atoms with Gasteiger partial charge in [0.25, 0.3) is 10.2 Å². The predicted octanol–water partition coefficient (Wildman–Crippen LogP) is 1.00. The molecule has 4 N–H and O–H groups in total. The van der Waals surface area contributed by atoms with E-state index in [0.717, 1.165) is 11.9 Å². The van der Waals surface area contributed by atoms with Crippen molar-refractivity contribution in [3.8, 4) is 0 Å². The number of hydrogen-bond acceptors (Lipinski definition) is 15. The number of carbonyl (C=O) groups is 1. The number of esters is 1. The Hall–Kier alpha value is -2.89. The molecule has 0 bridgehead atoms. The fourth-order valence-corrected chi connectivity index (χ4v) is 2.52. The van der Waals surface area contributed by atoms with E-state index in [4.69, 9.17) is 15.6 Å². The van der Waals surface area contributed by atoms with E-state index in [9.17, 15) is 25.0 Å². The van der Waals surface area contributed by atoms with E-state index >= 15 is 0 Å². The van der Waals surface area contributed by atoms with Crippen LogP contribution >= 0.6 is 35.9 Å². The van der Waals surface area contributed by atoms with Gasteiger partial charge in [0, 0.05) is 4.90 Å². The van der Waals surface area contributed by atoms with Crippen LogP contribution in [0.3, 0.4) is 0 Å². The van der Waals surface area contributed by atoms with Gasteiger partial charge < -0.3 is 20.1 Å². The van der Waals surface area contributed by atoms with Gasteiger partial charge in [0.15, 0.2) is 4.34 Å². The molecule has 0 spiro atoms. The number of anilines is 1. The lowest BCUT2D eigenvalue weighted by atomic mass is 10.2. The van der Waals surface area contributed by atoms with Crippen LogP contribution in [-0.2, 0) is 14.4 Å². The molecule has 158 valence electrons. The molecule has 0 unspecified atom stereocenters. The number of nitrogen functional groups attached to an aromatic ring is 1. The summed E-state index contributed by atoms with van der Waals surface area (Å²) in [5.74, 6) is -0.827. The highest BCUT2D eigenvalue weighted by atomic mass is 32.2. The standard InChI is InChI=1S/C10H10N2O8S.C2H4N4S2/c13-10(7-1-3-9(21)4-2-7)20-8(5-18-11(14)15)6-19-12(16)17;3-1-5-6-2(7-1)8-4/h1-4,8,21H,5-6H2;4H2,(H2,3,5). The summed E-state index contributed by atoms with van der Waals surface area (Å²) in [7, 11) is 0. The van der Waals surface area contributed by atoms with Gasteiger partial charge in [-0.15, -0.1) is 43.1 Å². The van der Waals surface area contributed by atoms with E-state index in [1.54, 1.807) is 0 Å². The van der Waals surface area contributed by atoms with Crippen molar-refractivity contribution < 1.29 is 29.4 Å². The molecule has 0 aliphatic heterocycles. The smallest absolute Gasteiger partial charge is 0.338 e. The van der Waals surface area contributed by atoms with Gasteiger partial charge in [-0.3, -0.25) is 5.14 Å². The number of nitrogens with two attached hydrogens (primary N) is 2. The molecule has 0 amide bonds. The maximum absolute atomic E-state index is 11.8. The Bertz CT molecular complexity index is 802. The van der Waals surface area contributed by atoms with E-state index in [1.807, 2.05) is 0 Å². The monoisotopic (exact) mass is 466 g/mol. The van der Waals surface area contributed by atoms with E-state index in [1.165, 1.54) is 35.6 Å². The summed E-state index contributed by atoms with van der Waals surface area (Å²) in [6, 6.07) is 5.92. The highest BCUT2D eigenvalue weighted by Gasteiger charge is 2.19. The van der Waals surface area contributed by atoms with Gasteiger partial charge in [0.05, 0.1) is 5.56 Å². The Balaban J connectivity index is 0.000000436. The third-order valence-electron chi connectivity index (χ3n) is 2.63. The van der Waals surface area contributed by atoms with Crippen LogP contribution in [0.5, 0.6) is 0 Å². The molecular weight excluding hydrogens is 452 g/mol. The van der Waals surface area contributed by atoms with Crippen LogP contribution in [0.15, 0.2) is 33.5 Å². The zero-order valence-corrected chi connectivity index (χ0v) is 16.8. The molecule has 0 radical (unpaired) electrons. The van der Waals surface area contributed by atoms with Crippen LogP contribution in [0.1, 0.15) is 10.4 Å². The van der Waals surface area contributed by atoms with Crippen molar-refractivity contribution in [3.05, 3.63) is 50.1 Å². The quantitative estimate of drug-likeness (QED) is 0.155. The van der Waals surface area contributed by atoms with Gasteiger partial charge in [-0.2, -0.15) is 0 Å². The number of hydrogen-bond donors (Lipinski definition) is 3. The molecule has 0 saturated carbocycles. The van der Waals surface area contributed by atoms with E-state index in [2.05, 4.69) is 32.5 Å². The second-order valence-corrected chi connectivity index (χ2v) is 7.04. The van der Waals surface area contributed by atoms with Gasteiger partial charge in [-0.25, -0.2) is 4.79 Å². The molecule has 0 fully saturated rings. The molecular formula is C12H14N6O8S3. The van der Waals surface area contributed by atoms with Gasteiger partial charge in [0.1, 0.15) is 19.3 Å². The molecule has 2 aromatic rings. The minimum absolute atomic E-state index is 0.153. The van der Waals surface area contributed by atoms with Crippen LogP contribution in [0.2, 0.25) is 0 Å². The first-order valence-electron chi connectivity index (χ1n) is 7.21. The fourth-order valence-electron chi connectivity index (χ4n) is 1.49. The third-order valence-corrected chi connectivity index (χ3v) is 4.30. The Kier molecular flexibility index (Phi) is 10.4. The average Bonchev–Trinajstić information content (AvgIpc) is 3.10. The molecule has 0 aliphatic carbocycles. The number of carbonyl (C=O) groups excluding carboxylic acids is 1. The van der Waals surface area contributed by atoms with Crippen molar-refractivity contribution in [3.63, 3.8) is 0 Å². The third kappa shape index (κ3) is 10.3. The van der Waals surface area contributed by atoms with E-state index in [0.29, 0.717) is 14.4 Å². The molecule has 2 rings (SSSR count).